The van der Waals surface area contributed by atoms with E-state index < -0.39 is 0 Å². The molecule has 1 aromatic heterocycles. The first-order valence-electron chi connectivity index (χ1n) is 10.6. The monoisotopic (exact) mass is 432 g/mol. The Kier molecular flexibility index (Phi) is 8.48. The number of H-pyrrole nitrogens is 1. The number of thiocarbonyl (C=S) groups is 1. The lowest BCUT2D eigenvalue weighted by Crippen LogP contribution is -2.46. The molecular weight excluding hydrogens is 400 g/mol. The second kappa shape index (κ2) is 11.3. The number of nitrogens with zero attached hydrogens (tertiary/aromatic N) is 2. The number of hydrogen-bond donors (Lipinski definition) is 2. The molecule has 2 N–H and O–H groups in total. The van der Waals surface area contributed by atoms with Crippen LogP contribution in [0.1, 0.15) is 25.3 Å². The molecule has 1 aliphatic rings. The Hall–Kier alpha value is -2.16. The van der Waals surface area contributed by atoms with Crippen LogP contribution in [0.2, 0.25) is 0 Å². The molecule has 1 saturated heterocycles. The van der Waals surface area contributed by atoms with Gasteiger partial charge < -0.3 is 24.7 Å². The minimum Gasteiger partial charge on any atom is -0.497 e. The summed E-state index contributed by atoms with van der Waals surface area (Å²) in [5, 5.41) is 5.02. The molecule has 7 nitrogen and oxygen atoms in total. The van der Waals surface area contributed by atoms with Crippen molar-refractivity contribution in [1.82, 2.24) is 20.1 Å². The number of rotatable bonds is 9. The molecule has 0 saturated carbocycles. The first-order chi connectivity index (χ1) is 14.6. The molecule has 1 fully saturated rings. The van der Waals surface area contributed by atoms with Gasteiger partial charge in [-0.3, -0.25) is 9.69 Å². The van der Waals surface area contributed by atoms with Crippen molar-refractivity contribution in [1.29, 1.82) is 0 Å². The Balaban J connectivity index is 1.75. The standard InChI is InChI=1S/C22H32N4O3S/c1-3-4-7-23-22(30)26(9-8-25-10-12-29-13-11-25)16-18-14-17-5-6-19(28-2)15-20(17)24-21(18)27/h5-6,14-15H,3-4,7-13,16H2,1-2H3,(H,23,30)(H,24,27). The van der Waals surface area contributed by atoms with Crippen LogP contribution in [0.3, 0.4) is 0 Å². The van der Waals surface area contributed by atoms with Gasteiger partial charge in [-0.1, -0.05) is 13.3 Å². The minimum absolute atomic E-state index is 0.0940. The van der Waals surface area contributed by atoms with Gasteiger partial charge in [0.1, 0.15) is 5.75 Å². The van der Waals surface area contributed by atoms with Gasteiger partial charge in [0.2, 0.25) is 0 Å². The number of morpholine rings is 1. The third-order valence-electron chi connectivity index (χ3n) is 5.37. The maximum absolute atomic E-state index is 12.7. The summed E-state index contributed by atoms with van der Waals surface area (Å²) in [7, 11) is 1.62. The van der Waals surface area contributed by atoms with E-state index in [1.54, 1.807) is 7.11 Å². The zero-order valence-electron chi connectivity index (χ0n) is 17.9. The molecule has 0 spiro atoms. The Morgan fingerprint density at radius 3 is 2.87 bits per heavy atom. The Morgan fingerprint density at radius 2 is 2.13 bits per heavy atom. The highest BCUT2D eigenvalue weighted by atomic mass is 32.1. The van der Waals surface area contributed by atoms with Crippen LogP contribution in [0.4, 0.5) is 0 Å². The van der Waals surface area contributed by atoms with Gasteiger partial charge in [0.15, 0.2) is 5.11 Å². The summed E-state index contributed by atoms with van der Waals surface area (Å²) in [6.07, 6.45) is 2.17. The number of aromatic amines is 1. The van der Waals surface area contributed by atoms with Gasteiger partial charge in [-0.15, -0.1) is 0 Å². The largest absolute Gasteiger partial charge is 0.497 e. The fraction of sp³-hybridized carbons (Fsp3) is 0.545. The van der Waals surface area contributed by atoms with E-state index in [4.69, 9.17) is 21.7 Å². The highest BCUT2D eigenvalue weighted by molar-refractivity contribution is 7.80. The van der Waals surface area contributed by atoms with Gasteiger partial charge in [0.05, 0.1) is 32.4 Å². The molecule has 0 amide bonds. The third-order valence-corrected chi connectivity index (χ3v) is 5.78. The summed E-state index contributed by atoms with van der Waals surface area (Å²) in [5.41, 5.74) is 1.38. The molecule has 0 radical (unpaired) electrons. The van der Waals surface area contributed by atoms with Crippen LogP contribution in [0.5, 0.6) is 5.75 Å². The predicted octanol–water partition coefficient (Wildman–Crippen LogP) is 2.35. The normalized spacial score (nSPS) is 14.6. The maximum Gasteiger partial charge on any atom is 0.253 e. The van der Waals surface area contributed by atoms with Crippen LogP contribution in [0.15, 0.2) is 29.1 Å². The highest BCUT2D eigenvalue weighted by Crippen LogP contribution is 2.19. The van der Waals surface area contributed by atoms with Crippen LogP contribution in [0.25, 0.3) is 10.9 Å². The van der Waals surface area contributed by atoms with E-state index in [0.717, 1.165) is 75.4 Å². The molecule has 1 aromatic carbocycles. The van der Waals surface area contributed by atoms with Crippen molar-refractivity contribution in [2.75, 3.05) is 53.0 Å². The Bertz CT molecular complexity index is 896. The fourth-order valence-corrected chi connectivity index (χ4v) is 3.76. The molecule has 3 rings (SSSR count). The fourth-order valence-electron chi connectivity index (χ4n) is 3.50. The van der Waals surface area contributed by atoms with Crippen molar-refractivity contribution in [3.8, 4) is 5.75 Å². The second-order valence-corrected chi connectivity index (χ2v) is 7.92. The average molecular weight is 433 g/mol. The van der Waals surface area contributed by atoms with Crippen molar-refractivity contribution in [3.63, 3.8) is 0 Å². The van der Waals surface area contributed by atoms with Gasteiger partial charge >= 0.3 is 0 Å². The highest BCUT2D eigenvalue weighted by Gasteiger charge is 2.16. The molecule has 8 heteroatoms. The van der Waals surface area contributed by atoms with Gasteiger partial charge in [0.25, 0.3) is 5.56 Å². The van der Waals surface area contributed by atoms with E-state index in [2.05, 4.69) is 27.0 Å². The number of hydrogen-bond acceptors (Lipinski definition) is 5. The van der Waals surface area contributed by atoms with Gasteiger partial charge in [-0.25, -0.2) is 0 Å². The van der Waals surface area contributed by atoms with Crippen molar-refractivity contribution >= 4 is 28.2 Å². The van der Waals surface area contributed by atoms with E-state index >= 15 is 0 Å². The number of pyridine rings is 1. The van der Waals surface area contributed by atoms with E-state index in [-0.39, 0.29) is 5.56 Å². The zero-order chi connectivity index (χ0) is 21.3. The van der Waals surface area contributed by atoms with Gasteiger partial charge in [0, 0.05) is 44.4 Å². The number of fused-ring (bicyclic) bond motifs is 1. The summed E-state index contributed by atoms with van der Waals surface area (Å²) in [5.74, 6) is 0.722. The summed E-state index contributed by atoms with van der Waals surface area (Å²) in [6.45, 7) is 8.53. The van der Waals surface area contributed by atoms with Crippen molar-refractivity contribution in [3.05, 3.63) is 40.2 Å². The number of benzene rings is 1. The van der Waals surface area contributed by atoms with Crippen LogP contribution in [0, 0.1) is 0 Å². The van der Waals surface area contributed by atoms with Crippen LogP contribution in [-0.4, -0.2) is 72.9 Å². The lowest BCUT2D eigenvalue weighted by Gasteiger charge is -2.31. The average Bonchev–Trinajstić information content (AvgIpc) is 2.77. The number of aromatic nitrogens is 1. The second-order valence-electron chi connectivity index (χ2n) is 7.54. The number of unbranched alkanes of at least 4 members (excludes halogenated alkanes) is 1. The molecule has 1 aliphatic heterocycles. The third kappa shape index (κ3) is 6.17. The van der Waals surface area contributed by atoms with E-state index in [9.17, 15) is 4.79 Å². The number of nitrogens with one attached hydrogen (secondary N) is 2. The first kappa shape index (κ1) is 22.5. The molecule has 2 heterocycles. The quantitative estimate of drug-likeness (QED) is 0.466. The summed E-state index contributed by atoms with van der Waals surface area (Å²) >= 11 is 5.67. The van der Waals surface area contributed by atoms with Gasteiger partial charge in [-0.2, -0.15) is 0 Å². The Labute approximate surface area is 183 Å². The number of ether oxygens (including phenoxy) is 2. The lowest BCUT2D eigenvalue weighted by atomic mass is 10.1. The summed E-state index contributed by atoms with van der Waals surface area (Å²) < 4.78 is 10.7. The summed E-state index contributed by atoms with van der Waals surface area (Å²) in [6, 6.07) is 7.65. The van der Waals surface area contributed by atoms with E-state index in [1.165, 1.54) is 0 Å². The lowest BCUT2D eigenvalue weighted by molar-refractivity contribution is 0.0357. The van der Waals surface area contributed by atoms with E-state index in [1.807, 2.05) is 24.3 Å². The summed E-state index contributed by atoms with van der Waals surface area (Å²) in [4.78, 5) is 20.2. The predicted molar refractivity (Wildman–Crippen MR) is 124 cm³/mol. The van der Waals surface area contributed by atoms with Crippen molar-refractivity contribution in [2.45, 2.75) is 26.3 Å². The molecule has 2 aromatic rings. The Morgan fingerprint density at radius 1 is 1.33 bits per heavy atom. The molecule has 0 unspecified atom stereocenters. The molecule has 164 valence electrons. The van der Waals surface area contributed by atoms with Crippen LogP contribution < -0.4 is 15.6 Å². The van der Waals surface area contributed by atoms with Crippen LogP contribution in [-0.2, 0) is 11.3 Å². The molecular formula is C22H32N4O3S. The minimum atomic E-state index is -0.0940. The SMILES string of the molecule is CCCCNC(=S)N(CCN1CCOCC1)Cc1cc2ccc(OC)cc2[nH]c1=O. The van der Waals surface area contributed by atoms with Crippen molar-refractivity contribution < 1.29 is 9.47 Å². The molecule has 0 atom stereocenters. The smallest absolute Gasteiger partial charge is 0.253 e. The van der Waals surface area contributed by atoms with Crippen molar-refractivity contribution in [2.24, 2.45) is 0 Å². The topological polar surface area (TPSA) is 69.8 Å². The zero-order valence-corrected chi connectivity index (χ0v) is 18.7. The van der Waals surface area contributed by atoms with Gasteiger partial charge in [-0.05, 0) is 42.2 Å². The molecule has 0 bridgehead atoms. The molecule has 30 heavy (non-hydrogen) atoms. The maximum atomic E-state index is 12.7. The van der Waals surface area contributed by atoms with E-state index in [0.29, 0.717) is 17.2 Å². The first-order valence-corrected chi connectivity index (χ1v) is 11.0. The molecule has 0 aliphatic carbocycles. The van der Waals surface area contributed by atoms with Crippen LogP contribution >= 0.6 is 12.2 Å². The number of methoxy groups -OCH3 is 1.